The second-order valence-electron chi connectivity index (χ2n) is 11.6. The quantitative estimate of drug-likeness (QED) is 0.418. The number of nitrogens with zero attached hydrogens (tertiary/aromatic N) is 3. The zero-order valence-corrected chi connectivity index (χ0v) is 23.1. The molecule has 0 amide bonds. The van der Waals surface area contributed by atoms with E-state index >= 15 is 0 Å². The molecule has 1 aromatic rings. The van der Waals surface area contributed by atoms with E-state index < -0.39 is 0 Å². The Morgan fingerprint density at radius 2 is 1.92 bits per heavy atom. The van der Waals surface area contributed by atoms with Gasteiger partial charge in [0.05, 0.1) is 5.70 Å². The molecule has 192 valence electrons. The Balaban J connectivity index is 1.70. The second-order valence-corrected chi connectivity index (χ2v) is 11.6. The Bertz CT molecular complexity index is 1070. The number of hydrogen-bond acceptors (Lipinski definition) is 3. The highest BCUT2D eigenvalue weighted by Gasteiger charge is 2.54. The number of benzene rings is 1. The van der Waals surface area contributed by atoms with Crippen LogP contribution in [0.25, 0.3) is 5.70 Å². The molecule has 1 aliphatic heterocycles. The molecule has 0 radical (unpaired) electrons. The highest BCUT2D eigenvalue weighted by molar-refractivity contribution is 6.02. The standard InChI is InChI=1S/C33H45N3/c1-7-27-13-8-9-18-36(30-21-33(22-30)16-17-33)29(19-24(2)3)15-14-28(34-6)20-31(35-23-27)32-25(4)11-10-12-26(32)5/h7-13,20,23-24,29-30H,1,14-19,21-22H2,2-6H3/b9-8-,27-13+,31-20-,34-28-,35-23+. The van der Waals surface area contributed by atoms with Gasteiger partial charge in [-0.15, -0.1) is 0 Å². The van der Waals surface area contributed by atoms with E-state index in [1.54, 1.807) is 0 Å². The summed E-state index contributed by atoms with van der Waals surface area (Å²) < 4.78 is 0. The average molecular weight is 484 g/mol. The maximum absolute atomic E-state index is 4.98. The lowest BCUT2D eigenvalue weighted by Crippen LogP contribution is -2.51. The van der Waals surface area contributed by atoms with Crippen LogP contribution in [0.4, 0.5) is 0 Å². The van der Waals surface area contributed by atoms with Gasteiger partial charge in [0, 0.05) is 43.2 Å². The van der Waals surface area contributed by atoms with Crippen molar-refractivity contribution in [1.82, 2.24) is 4.90 Å². The molecule has 1 heterocycles. The third-order valence-corrected chi connectivity index (χ3v) is 8.37. The third-order valence-electron chi connectivity index (χ3n) is 8.37. The number of rotatable bonds is 5. The lowest BCUT2D eigenvalue weighted by molar-refractivity contribution is 0.0304. The molecule has 1 spiro atoms. The first-order valence-electron chi connectivity index (χ1n) is 13.9. The molecule has 0 bridgehead atoms. The van der Waals surface area contributed by atoms with Crippen molar-refractivity contribution in [3.63, 3.8) is 0 Å². The lowest BCUT2D eigenvalue weighted by Gasteiger charge is -2.47. The fraction of sp³-hybridized carbons (Fsp3) is 0.515. The van der Waals surface area contributed by atoms with Crippen molar-refractivity contribution in [3.8, 4) is 0 Å². The predicted molar refractivity (Wildman–Crippen MR) is 157 cm³/mol. The molecule has 0 aromatic heterocycles. The van der Waals surface area contributed by atoms with Crippen molar-refractivity contribution < 1.29 is 0 Å². The minimum atomic E-state index is 0.568. The predicted octanol–water partition coefficient (Wildman–Crippen LogP) is 7.91. The third kappa shape index (κ3) is 6.42. The van der Waals surface area contributed by atoms with Crippen LogP contribution in [0.2, 0.25) is 0 Å². The van der Waals surface area contributed by atoms with Gasteiger partial charge < -0.3 is 0 Å². The van der Waals surface area contributed by atoms with Crippen LogP contribution < -0.4 is 0 Å². The van der Waals surface area contributed by atoms with Gasteiger partial charge in [0.25, 0.3) is 0 Å². The van der Waals surface area contributed by atoms with E-state index in [2.05, 4.69) is 81.7 Å². The molecule has 2 fully saturated rings. The normalized spacial score (nSPS) is 29.1. The highest BCUT2D eigenvalue weighted by atomic mass is 15.2. The maximum atomic E-state index is 4.98. The van der Waals surface area contributed by atoms with Gasteiger partial charge in [0.1, 0.15) is 0 Å². The summed E-state index contributed by atoms with van der Waals surface area (Å²) >= 11 is 0. The largest absolute Gasteiger partial charge is 0.294 e. The van der Waals surface area contributed by atoms with Gasteiger partial charge in [-0.2, -0.15) is 0 Å². The molecule has 0 saturated heterocycles. The highest BCUT2D eigenvalue weighted by Crippen LogP contribution is 2.62. The molecular formula is C33H45N3. The molecule has 4 rings (SSSR count). The zero-order chi connectivity index (χ0) is 25.7. The molecule has 1 unspecified atom stereocenters. The molecule has 3 heteroatoms. The summed E-state index contributed by atoms with van der Waals surface area (Å²) in [5.41, 5.74) is 7.51. The number of aryl methyl sites for hydroxylation is 2. The first-order valence-corrected chi connectivity index (χ1v) is 13.9. The van der Waals surface area contributed by atoms with Gasteiger partial charge in [0.15, 0.2) is 0 Å². The fourth-order valence-corrected chi connectivity index (χ4v) is 6.10. The Hall–Kier alpha value is -2.52. The van der Waals surface area contributed by atoms with Crippen molar-refractivity contribution in [1.29, 1.82) is 0 Å². The minimum Gasteiger partial charge on any atom is -0.294 e. The lowest BCUT2D eigenvalue weighted by atomic mass is 9.75. The van der Waals surface area contributed by atoms with Crippen LogP contribution in [0.1, 0.15) is 75.5 Å². The second kappa shape index (κ2) is 11.7. The van der Waals surface area contributed by atoms with Crippen LogP contribution in [-0.2, 0) is 0 Å². The van der Waals surface area contributed by atoms with Crippen molar-refractivity contribution in [2.24, 2.45) is 21.3 Å². The van der Waals surface area contributed by atoms with Crippen molar-refractivity contribution in [2.45, 2.75) is 84.7 Å². The van der Waals surface area contributed by atoms with E-state index in [0.717, 1.165) is 42.4 Å². The molecule has 3 nitrogen and oxygen atoms in total. The summed E-state index contributed by atoms with van der Waals surface area (Å²) in [6, 6.07) is 7.75. The molecule has 1 aromatic carbocycles. The van der Waals surface area contributed by atoms with Crippen LogP contribution >= 0.6 is 0 Å². The van der Waals surface area contributed by atoms with Crippen molar-refractivity contribution >= 4 is 17.6 Å². The molecule has 0 N–H and O–H groups in total. The smallest absolute Gasteiger partial charge is 0.0725 e. The first-order chi connectivity index (χ1) is 17.3. The van der Waals surface area contributed by atoms with Crippen LogP contribution in [0.3, 0.4) is 0 Å². The summed E-state index contributed by atoms with van der Waals surface area (Å²) in [6.07, 6.45) is 21.7. The molecule has 1 atom stereocenters. The Morgan fingerprint density at radius 3 is 2.53 bits per heavy atom. The Morgan fingerprint density at radius 1 is 1.19 bits per heavy atom. The Kier molecular flexibility index (Phi) is 8.62. The monoisotopic (exact) mass is 483 g/mol. The number of aliphatic imine (C=N–C) groups is 2. The summed E-state index contributed by atoms with van der Waals surface area (Å²) in [5, 5.41) is 0. The van der Waals surface area contributed by atoms with Gasteiger partial charge in [-0.05, 0) is 92.9 Å². The molecule has 36 heavy (non-hydrogen) atoms. The molecule has 2 saturated carbocycles. The fourth-order valence-electron chi connectivity index (χ4n) is 6.10. The van der Waals surface area contributed by atoms with Crippen molar-refractivity contribution in [3.05, 3.63) is 77.4 Å². The van der Waals surface area contributed by atoms with Gasteiger partial charge in [-0.3, -0.25) is 14.9 Å². The van der Waals surface area contributed by atoms with Gasteiger partial charge in [-0.25, -0.2) is 0 Å². The summed E-state index contributed by atoms with van der Waals surface area (Å²) in [7, 11) is 1.93. The van der Waals surface area contributed by atoms with Crippen LogP contribution in [0.5, 0.6) is 0 Å². The van der Waals surface area contributed by atoms with E-state index in [1.165, 1.54) is 48.8 Å². The van der Waals surface area contributed by atoms with E-state index in [0.29, 0.717) is 17.4 Å². The van der Waals surface area contributed by atoms with Crippen LogP contribution in [0.15, 0.2) is 70.7 Å². The molecular weight excluding hydrogens is 438 g/mol. The topological polar surface area (TPSA) is 28.0 Å². The first kappa shape index (κ1) is 26.5. The van der Waals surface area contributed by atoms with E-state index in [-0.39, 0.29) is 0 Å². The van der Waals surface area contributed by atoms with Crippen LogP contribution in [0, 0.1) is 25.2 Å². The average Bonchev–Trinajstić information content (AvgIpc) is 3.62. The van der Waals surface area contributed by atoms with Gasteiger partial charge in [0.2, 0.25) is 0 Å². The van der Waals surface area contributed by atoms with Gasteiger partial charge in [-0.1, -0.05) is 62.9 Å². The Labute approximate surface area is 219 Å². The summed E-state index contributed by atoms with van der Waals surface area (Å²) in [4.78, 5) is 12.5. The number of allylic oxidation sites excluding steroid dienone is 5. The molecule has 3 aliphatic rings. The van der Waals surface area contributed by atoms with E-state index in [1.807, 2.05) is 19.3 Å². The molecule has 2 aliphatic carbocycles. The summed E-state index contributed by atoms with van der Waals surface area (Å²) in [6.45, 7) is 14.1. The van der Waals surface area contributed by atoms with Gasteiger partial charge >= 0.3 is 0 Å². The summed E-state index contributed by atoms with van der Waals surface area (Å²) in [5.74, 6) is 0.676. The zero-order valence-electron chi connectivity index (χ0n) is 23.1. The maximum Gasteiger partial charge on any atom is 0.0725 e. The van der Waals surface area contributed by atoms with Crippen LogP contribution in [-0.4, -0.2) is 42.5 Å². The SMILES string of the molecule is C=CC1=C\C=C/CN(C2CC3(CC3)C2)C(CC(C)C)CCC(=N/C)/C=C(c2c(C)cccc2C)\N=C\1. The minimum absolute atomic E-state index is 0.568. The van der Waals surface area contributed by atoms with Crippen molar-refractivity contribution in [2.75, 3.05) is 13.6 Å². The van der Waals surface area contributed by atoms with E-state index in [4.69, 9.17) is 9.98 Å². The van der Waals surface area contributed by atoms with E-state index in [9.17, 15) is 0 Å². The number of hydrogen-bond donors (Lipinski definition) is 0.